The molecule has 3 heterocycles. The molecule has 2 aliphatic heterocycles. The lowest BCUT2D eigenvalue weighted by Crippen LogP contribution is -2.59. The number of para-hydroxylation sites is 1. The molecule has 27 heavy (non-hydrogen) atoms. The lowest BCUT2D eigenvalue weighted by Gasteiger charge is -2.51. The Bertz CT molecular complexity index is 891. The molecule has 0 aliphatic carbocycles. The van der Waals surface area contributed by atoms with E-state index in [0.717, 1.165) is 21.7 Å². The third kappa shape index (κ3) is 2.42. The number of carbonyl (C=O) groups is 2. The molecular formula is C20H19NO5S. The van der Waals surface area contributed by atoms with Gasteiger partial charge in [-0.2, -0.15) is 0 Å². The number of anilines is 1. The number of hydroxylamine groups is 1. The van der Waals surface area contributed by atoms with E-state index in [1.165, 1.54) is 25.6 Å². The predicted octanol–water partition coefficient (Wildman–Crippen LogP) is 3.36. The van der Waals surface area contributed by atoms with Gasteiger partial charge in [-0.15, -0.1) is 11.3 Å². The minimum atomic E-state index is -1.56. The van der Waals surface area contributed by atoms with Crippen molar-refractivity contribution in [3.8, 4) is 0 Å². The van der Waals surface area contributed by atoms with Crippen molar-refractivity contribution in [3.63, 3.8) is 0 Å². The second-order valence-electron chi connectivity index (χ2n) is 6.54. The topological polar surface area (TPSA) is 65.1 Å². The van der Waals surface area contributed by atoms with E-state index in [1.54, 1.807) is 5.06 Å². The molecule has 1 fully saturated rings. The average molecular weight is 385 g/mol. The van der Waals surface area contributed by atoms with Crippen LogP contribution in [0.15, 0.2) is 48.4 Å². The van der Waals surface area contributed by atoms with Gasteiger partial charge in [-0.05, 0) is 23.1 Å². The summed E-state index contributed by atoms with van der Waals surface area (Å²) in [6.45, 7) is 4.15. The molecule has 2 aliphatic rings. The van der Waals surface area contributed by atoms with E-state index in [4.69, 9.17) is 14.3 Å². The Balaban J connectivity index is 1.99. The molecule has 0 N–H and O–H groups in total. The Kier molecular flexibility index (Phi) is 4.28. The average Bonchev–Trinajstić information content (AvgIpc) is 3.24. The number of methoxy groups -OCH3 is 2. The normalized spacial score (nSPS) is 22.7. The summed E-state index contributed by atoms with van der Waals surface area (Å²) < 4.78 is 10.2. The molecule has 0 radical (unpaired) electrons. The highest BCUT2D eigenvalue weighted by Gasteiger charge is 2.63. The first-order valence-corrected chi connectivity index (χ1v) is 9.37. The minimum absolute atomic E-state index is 0.0958. The van der Waals surface area contributed by atoms with Crippen molar-refractivity contribution in [1.29, 1.82) is 0 Å². The fourth-order valence-electron chi connectivity index (χ4n) is 3.98. The van der Waals surface area contributed by atoms with Crippen LogP contribution in [-0.4, -0.2) is 32.3 Å². The van der Waals surface area contributed by atoms with Crippen molar-refractivity contribution in [1.82, 2.24) is 0 Å². The lowest BCUT2D eigenvalue weighted by atomic mass is 9.70. The first-order chi connectivity index (χ1) is 13.0. The van der Waals surface area contributed by atoms with Crippen molar-refractivity contribution in [2.45, 2.75) is 18.6 Å². The summed E-state index contributed by atoms with van der Waals surface area (Å²) in [7, 11) is 2.56. The standard InChI is InChI=1S/C20H19NO5S/c1-12-13-7-4-5-8-14(13)21-17(16-9-6-10-27-16)20(18(22)24-2,19(23)25-3)11-15(12)26-21/h4-10,15,17H,1,11H2,2-3H3. The van der Waals surface area contributed by atoms with Crippen molar-refractivity contribution >= 4 is 34.5 Å². The van der Waals surface area contributed by atoms with Gasteiger partial charge < -0.3 is 9.47 Å². The highest BCUT2D eigenvalue weighted by atomic mass is 32.1. The second kappa shape index (κ2) is 6.51. The monoisotopic (exact) mass is 385 g/mol. The van der Waals surface area contributed by atoms with E-state index in [-0.39, 0.29) is 6.42 Å². The Labute approximate surface area is 160 Å². The van der Waals surface area contributed by atoms with Crippen LogP contribution in [0.5, 0.6) is 0 Å². The van der Waals surface area contributed by atoms with Crippen LogP contribution in [-0.2, 0) is 23.9 Å². The Morgan fingerprint density at radius 3 is 2.52 bits per heavy atom. The maximum atomic E-state index is 13.0. The van der Waals surface area contributed by atoms with E-state index in [1.807, 2.05) is 41.8 Å². The van der Waals surface area contributed by atoms with Crippen molar-refractivity contribution in [3.05, 3.63) is 58.8 Å². The van der Waals surface area contributed by atoms with Crippen LogP contribution in [0.3, 0.4) is 0 Å². The predicted molar refractivity (Wildman–Crippen MR) is 101 cm³/mol. The molecule has 1 saturated heterocycles. The fraction of sp³-hybridized carbons (Fsp3) is 0.300. The molecule has 2 aromatic rings. The maximum Gasteiger partial charge on any atom is 0.326 e. The van der Waals surface area contributed by atoms with Gasteiger partial charge in [0.05, 0.1) is 19.9 Å². The zero-order valence-electron chi connectivity index (χ0n) is 15.0. The second-order valence-corrected chi connectivity index (χ2v) is 7.52. The number of benzene rings is 1. The van der Waals surface area contributed by atoms with Gasteiger partial charge in [0, 0.05) is 16.9 Å². The van der Waals surface area contributed by atoms with Crippen LogP contribution in [0.4, 0.5) is 5.69 Å². The number of ether oxygens (including phenoxy) is 2. The minimum Gasteiger partial charge on any atom is -0.468 e. The van der Waals surface area contributed by atoms with Crippen LogP contribution in [0.25, 0.3) is 5.57 Å². The lowest BCUT2D eigenvalue weighted by molar-refractivity contribution is -0.183. The van der Waals surface area contributed by atoms with Crippen molar-refractivity contribution in [2.75, 3.05) is 19.3 Å². The zero-order valence-corrected chi connectivity index (χ0v) is 15.8. The summed E-state index contributed by atoms with van der Waals surface area (Å²) in [6, 6.07) is 10.7. The van der Waals surface area contributed by atoms with Crippen LogP contribution in [0, 0.1) is 5.41 Å². The summed E-state index contributed by atoms with van der Waals surface area (Å²) in [6.07, 6.45) is -0.437. The smallest absolute Gasteiger partial charge is 0.326 e. The molecule has 0 spiro atoms. The molecule has 2 atom stereocenters. The molecule has 1 aromatic carbocycles. The largest absolute Gasteiger partial charge is 0.468 e. The molecule has 6 nitrogen and oxygen atoms in total. The Morgan fingerprint density at radius 2 is 1.89 bits per heavy atom. The third-order valence-electron chi connectivity index (χ3n) is 5.24. The quantitative estimate of drug-likeness (QED) is 0.596. The molecule has 140 valence electrons. The summed E-state index contributed by atoms with van der Waals surface area (Å²) >= 11 is 1.45. The van der Waals surface area contributed by atoms with Crippen LogP contribution in [0.1, 0.15) is 22.9 Å². The van der Waals surface area contributed by atoms with Crippen LogP contribution in [0.2, 0.25) is 0 Å². The van der Waals surface area contributed by atoms with E-state index in [9.17, 15) is 9.59 Å². The van der Waals surface area contributed by atoms with E-state index < -0.39 is 29.5 Å². The Hall–Kier alpha value is -2.64. The number of hydrogen-bond donors (Lipinski definition) is 0. The third-order valence-corrected chi connectivity index (χ3v) is 6.16. The summed E-state index contributed by atoms with van der Waals surface area (Å²) in [4.78, 5) is 33.0. The number of rotatable bonds is 3. The number of fused-ring (bicyclic) bond motifs is 4. The van der Waals surface area contributed by atoms with E-state index >= 15 is 0 Å². The number of esters is 2. The number of thiophene rings is 1. The highest BCUT2D eigenvalue weighted by Crippen LogP contribution is 2.56. The van der Waals surface area contributed by atoms with Crippen LogP contribution < -0.4 is 5.06 Å². The number of carbonyl (C=O) groups excluding carboxylic acids is 2. The first-order valence-electron chi connectivity index (χ1n) is 8.49. The number of nitrogens with zero attached hydrogens (tertiary/aromatic N) is 1. The van der Waals surface area contributed by atoms with Gasteiger partial charge in [0.1, 0.15) is 12.1 Å². The zero-order chi connectivity index (χ0) is 19.2. The summed E-state index contributed by atoms with van der Waals surface area (Å²) in [5, 5.41) is 3.55. The Morgan fingerprint density at radius 1 is 1.19 bits per heavy atom. The van der Waals surface area contributed by atoms with Gasteiger partial charge in [0.25, 0.3) is 0 Å². The van der Waals surface area contributed by atoms with Gasteiger partial charge in [0.2, 0.25) is 0 Å². The fourth-order valence-corrected chi connectivity index (χ4v) is 4.87. The molecule has 0 saturated carbocycles. The van der Waals surface area contributed by atoms with E-state index in [2.05, 4.69) is 6.58 Å². The number of hydrogen-bond acceptors (Lipinski definition) is 7. The highest BCUT2D eigenvalue weighted by molar-refractivity contribution is 7.10. The van der Waals surface area contributed by atoms with Gasteiger partial charge >= 0.3 is 11.9 Å². The van der Waals surface area contributed by atoms with Crippen LogP contribution >= 0.6 is 11.3 Å². The summed E-state index contributed by atoms with van der Waals surface area (Å²) in [5.74, 6) is -1.28. The van der Waals surface area contributed by atoms with Gasteiger partial charge in [-0.3, -0.25) is 14.4 Å². The van der Waals surface area contributed by atoms with Gasteiger partial charge in [-0.25, -0.2) is 5.06 Å². The molecule has 2 unspecified atom stereocenters. The molecule has 4 rings (SSSR count). The molecule has 0 amide bonds. The maximum absolute atomic E-state index is 13.0. The summed E-state index contributed by atoms with van der Waals surface area (Å²) in [5.41, 5.74) is 0.865. The molecular weight excluding hydrogens is 366 g/mol. The van der Waals surface area contributed by atoms with Crippen molar-refractivity contribution < 1.29 is 23.9 Å². The SMILES string of the molecule is C=C1c2ccccc2N2OC1CC(C(=O)OC)(C(=O)OC)C2c1cccs1. The molecule has 7 heteroatoms. The van der Waals surface area contributed by atoms with E-state index in [0.29, 0.717) is 0 Å². The first kappa shape index (κ1) is 17.8. The van der Waals surface area contributed by atoms with Gasteiger partial charge in [0.15, 0.2) is 5.41 Å². The van der Waals surface area contributed by atoms with Crippen molar-refractivity contribution in [2.24, 2.45) is 5.41 Å². The van der Waals surface area contributed by atoms with Gasteiger partial charge in [-0.1, -0.05) is 30.8 Å². The molecule has 2 bridgehead atoms. The molecule has 1 aromatic heterocycles.